The number of nitrogens with one attached hydrogen (secondary N) is 2. The average Bonchev–Trinajstić information content (AvgIpc) is 2.45. The smallest absolute Gasteiger partial charge is 0.226 e. The van der Waals surface area contributed by atoms with Crippen molar-refractivity contribution >= 4 is 46.4 Å². The van der Waals surface area contributed by atoms with Gasteiger partial charge < -0.3 is 15.4 Å². The zero-order chi connectivity index (χ0) is 16.4. The lowest BCUT2D eigenvalue weighted by Gasteiger charge is -2.10. The third-order valence-corrected chi connectivity index (χ3v) is 3.55. The highest BCUT2D eigenvalue weighted by molar-refractivity contribution is 7.80. The van der Waals surface area contributed by atoms with E-state index in [2.05, 4.69) is 17.6 Å². The van der Waals surface area contributed by atoms with Gasteiger partial charge in [-0.1, -0.05) is 36.5 Å². The van der Waals surface area contributed by atoms with E-state index in [-0.39, 0.29) is 5.91 Å². The van der Waals surface area contributed by atoms with Crippen molar-refractivity contribution in [2.75, 3.05) is 13.2 Å². The van der Waals surface area contributed by atoms with Gasteiger partial charge in [0.2, 0.25) is 5.91 Å². The first kappa shape index (κ1) is 19.0. The summed E-state index contributed by atoms with van der Waals surface area (Å²) in [6, 6.07) is 5.03. The lowest BCUT2D eigenvalue weighted by atomic mass is 10.3. The molecule has 0 aliphatic carbocycles. The van der Waals surface area contributed by atoms with Crippen LogP contribution in [0.2, 0.25) is 10.0 Å². The molecule has 0 unspecified atom stereocenters. The van der Waals surface area contributed by atoms with Crippen molar-refractivity contribution in [1.82, 2.24) is 10.6 Å². The van der Waals surface area contributed by atoms with Crippen molar-refractivity contribution in [2.45, 2.75) is 32.6 Å². The van der Waals surface area contributed by atoms with Gasteiger partial charge in [0, 0.05) is 18.0 Å². The van der Waals surface area contributed by atoms with Crippen LogP contribution >= 0.6 is 35.4 Å². The minimum absolute atomic E-state index is 0.125. The summed E-state index contributed by atoms with van der Waals surface area (Å²) in [5, 5.41) is 7.01. The molecule has 2 N–H and O–H groups in total. The number of rotatable bonds is 8. The van der Waals surface area contributed by atoms with E-state index in [1.807, 2.05) is 0 Å². The molecule has 0 aromatic heterocycles. The molecule has 1 rings (SSSR count). The first-order chi connectivity index (χ1) is 10.5. The van der Waals surface area contributed by atoms with Crippen molar-refractivity contribution in [3.8, 4) is 5.75 Å². The maximum atomic E-state index is 11.7. The standard InChI is InChI=1S/C15H20Cl2N2O2S/c1-2-3-8-18-15(22)19-14(20)5-4-9-21-13-7-6-11(16)10-12(13)17/h6-7,10H,2-5,8-9H2,1H3,(H2,18,19,20,22). The molecule has 4 nitrogen and oxygen atoms in total. The summed E-state index contributed by atoms with van der Waals surface area (Å²) in [4.78, 5) is 11.7. The van der Waals surface area contributed by atoms with Gasteiger partial charge in [0.05, 0.1) is 11.6 Å². The topological polar surface area (TPSA) is 50.4 Å². The highest BCUT2D eigenvalue weighted by Gasteiger charge is 2.06. The van der Waals surface area contributed by atoms with E-state index in [0.29, 0.717) is 40.4 Å². The summed E-state index contributed by atoms with van der Waals surface area (Å²) in [6.07, 6.45) is 3.00. The summed E-state index contributed by atoms with van der Waals surface area (Å²) in [6.45, 7) is 3.26. The fourth-order valence-corrected chi connectivity index (χ4v) is 2.30. The Bertz CT molecular complexity index is 512. The van der Waals surface area contributed by atoms with Crippen LogP contribution in [0.1, 0.15) is 32.6 Å². The van der Waals surface area contributed by atoms with E-state index in [1.54, 1.807) is 18.2 Å². The number of unbranched alkanes of at least 4 members (excludes halogenated alkanes) is 1. The number of thiocarbonyl (C=S) groups is 1. The molecule has 1 aromatic carbocycles. The molecular formula is C15H20Cl2N2O2S. The molecule has 7 heteroatoms. The SMILES string of the molecule is CCCCNC(=S)NC(=O)CCCOc1ccc(Cl)cc1Cl. The van der Waals surface area contributed by atoms with Gasteiger partial charge in [-0.25, -0.2) is 0 Å². The molecule has 0 saturated heterocycles. The Balaban J connectivity index is 2.18. The number of hydrogen-bond acceptors (Lipinski definition) is 3. The highest BCUT2D eigenvalue weighted by Crippen LogP contribution is 2.27. The zero-order valence-corrected chi connectivity index (χ0v) is 14.8. The Hall–Kier alpha value is -1.04. The maximum Gasteiger partial charge on any atom is 0.226 e. The number of benzene rings is 1. The van der Waals surface area contributed by atoms with Gasteiger partial charge in [0.15, 0.2) is 5.11 Å². The fraction of sp³-hybridized carbons (Fsp3) is 0.467. The van der Waals surface area contributed by atoms with Gasteiger partial charge in [-0.2, -0.15) is 0 Å². The van der Waals surface area contributed by atoms with Crippen molar-refractivity contribution < 1.29 is 9.53 Å². The Morgan fingerprint density at radius 1 is 1.32 bits per heavy atom. The van der Waals surface area contributed by atoms with E-state index >= 15 is 0 Å². The highest BCUT2D eigenvalue weighted by atomic mass is 35.5. The van der Waals surface area contributed by atoms with Crippen LogP contribution in [0.4, 0.5) is 0 Å². The number of carbonyl (C=O) groups excluding carboxylic acids is 1. The Kier molecular flexibility index (Phi) is 9.20. The van der Waals surface area contributed by atoms with Crippen LogP contribution in [0.15, 0.2) is 18.2 Å². The normalized spacial score (nSPS) is 10.1. The average molecular weight is 363 g/mol. The first-order valence-electron chi connectivity index (χ1n) is 7.18. The Morgan fingerprint density at radius 2 is 2.09 bits per heavy atom. The van der Waals surface area contributed by atoms with Gasteiger partial charge in [-0.3, -0.25) is 4.79 Å². The van der Waals surface area contributed by atoms with Crippen molar-refractivity contribution in [2.24, 2.45) is 0 Å². The van der Waals surface area contributed by atoms with Crippen LogP contribution in [-0.4, -0.2) is 24.2 Å². The fourth-order valence-electron chi connectivity index (χ4n) is 1.62. The second-order valence-electron chi connectivity index (χ2n) is 4.68. The molecule has 0 heterocycles. The summed E-state index contributed by atoms with van der Waals surface area (Å²) in [5.41, 5.74) is 0. The molecule has 0 radical (unpaired) electrons. The molecule has 0 atom stereocenters. The van der Waals surface area contributed by atoms with Crippen molar-refractivity contribution in [1.29, 1.82) is 0 Å². The molecule has 22 heavy (non-hydrogen) atoms. The van der Waals surface area contributed by atoms with Crippen LogP contribution in [0.25, 0.3) is 0 Å². The quantitative estimate of drug-likeness (QED) is 0.543. The van der Waals surface area contributed by atoms with Crippen LogP contribution in [0, 0.1) is 0 Å². The second kappa shape index (κ2) is 10.6. The van der Waals surface area contributed by atoms with E-state index in [4.69, 9.17) is 40.2 Å². The number of halogens is 2. The van der Waals surface area contributed by atoms with Gasteiger partial charge in [0.1, 0.15) is 5.75 Å². The van der Waals surface area contributed by atoms with Crippen LogP contribution in [0.5, 0.6) is 5.75 Å². The largest absolute Gasteiger partial charge is 0.492 e. The molecule has 122 valence electrons. The van der Waals surface area contributed by atoms with E-state index in [0.717, 1.165) is 19.4 Å². The molecule has 1 amide bonds. The lowest BCUT2D eigenvalue weighted by molar-refractivity contribution is -0.119. The summed E-state index contributed by atoms with van der Waals surface area (Å²) < 4.78 is 5.51. The third-order valence-electron chi connectivity index (χ3n) is 2.77. The Morgan fingerprint density at radius 3 is 2.77 bits per heavy atom. The third kappa shape index (κ3) is 7.82. The van der Waals surface area contributed by atoms with Gasteiger partial charge in [-0.15, -0.1) is 0 Å². The first-order valence-corrected chi connectivity index (χ1v) is 8.35. The number of ether oxygens (including phenoxy) is 1. The molecule has 1 aromatic rings. The predicted molar refractivity (Wildman–Crippen MR) is 94.8 cm³/mol. The molecule has 0 bridgehead atoms. The molecular weight excluding hydrogens is 343 g/mol. The van der Waals surface area contributed by atoms with Crippen LogP contribution in [-0.2, 0) is 4.79 Å². The number of amides is 1. The monoisotopic (exact) mass is 362 g/mol. The maximum absolute atomic E-state index is 11.7. The van der Waals surface area contributed by atoms with E-state index in [9.17, 15) is 4.79 Å². The molecule has 0 fully saturated rings. The molecule has 0 saturated carbocycles. The number of carbonyl (C=O) groups is 1. The van der Waals surface area contributed by atoms with Gasteiger partial charge >= 0.3 is 0 Å². The van der Waals surface area contributed by atoms with Crippen LogP contribution in [0.3, 0.4) is 0 Å². The zero-order valence-electron chi connectivity index (χ0n) is 12.5. The number of hydrogen-bond donors (Lipinski definition) is 2. The van der Waals surface area contributed by atoms with Gasteiger partial charge in [0.25, 0.3) is 0 Å². The van der Waals surface area contributed by atoms with Crippen molar-refractivity contribution in [3.05, 3.63) is 28.2 Å². The Labute approximate surface area is 146 Å². The van der Waals surface area contributed by atoms with E-state index in [1.165, 1.54) is 0 Å². The second-order valence-corrected chi connectivity index (χ2v) is 5.94. The summed E-state index contributed by atoms with van der Waals surface area (Å²) in [7, 11) is 0. The lowest BCUT2D eigenvalue weighted by Crippen LogP contribution is -2.39. The van der Waals surface area contributed by atoms with Gasteiger partial charge in [-0.05, 0) is 43.3 Å². The summed E-state index contributed by atoms with van der Waals surface area (Å²) >= 11 is 16.8. The minimum Gasteiger partial charge on any atom is -0.492 e. The van der Waals surface area contributed by atoms with Crippen molar-refractivity contribution in [3.63, 3.8) is 0 Å². The summed E-state index contributed by atoms with van der Waals surface area (Å²) in [5.74, 6) is 0.433. The molecule has 0 aliphatic heterocycles. The molecule has 0 aliphatic rings. The predicted octanol–water partition coefficient (Wildman–Crippen LogP) is 3.94. The van der Waals surface area contributed by atoms with Crippen LogP contribution < -0.4 is 15.4 Å². The van der Waals surface area contributed by atoms with E-state index < -0.39 is 0 Å². The molecule has 0 spiro atoms. The minimum atomic E-state index is -0.125.